The summed E-state index contributed by atoms with van der Waals surface area (Å²) in [5, 5.41) is 3.56. The van der Waals surface area contributed by atoms with E-state index in [0.717, 1.165) is 36.4 Å². The maximum atomic E-state index is 11.2. The van der Waals surface area contributed by atoms with Crippen LogP contribution < -0.4 is 5.32 Å². The number of piperidine rings is 1. The molecule has 0 spiro atoms. The number of furan rings is 1. The number of nitrogens with one attached hydrogen (secondary N) is 1. The first-order valence-corrected chi connectivity index (χ1v) is 7.12. The van der Waals surface area contributed by atoms with Crippen LogP contribution in [0.5, 0.6) is 0 Å². The third-order valence-electron chi connectivity index (χ3n) is 3.45. The second kappa shape index (κ2) is 5.89. The molecule has 1 aromatic heterocycles. The van der Waals surface area contributed by atoms with Gasteiger partial charge < -0.3 is 14.6 Å². The van der Waals surface area contributed by atoms with Gasteiger partial charge in [0.2, 0.25) is 5.91 Å². The monoisotopic (exact) mass is 314 g/mol. The highest BCUT2D eigenvalue weighted by Crippen LogP contribution is 2.22. The van der Waals surface area contributed by atoms with Gasteiger partial charge in [0.1, 0.15) is 5.76 Å². The van der Waals surface area contributed by atoms with E-state index in [1.54, 1.807) is 6.92 Å². The van der Waals surface area contributed by atoms with Crippen LogP contribution in [0.3, 0.4) is 0 Å². The van der Waals surface area contributed by atoms with Gasteiger partial charge in [0.15, 0.2) is 4.67 Å². The number of nitrogens with zero attached hydrogens (tertiary/aromatic N) is 1. The first-order valence-electron chi connectivity index (χ1n) is 6.33. The van der Waals surface area contributed by atoms with Gasteiger partial charge in [-0.3, -0.25) is 4.79 Å². The Labute approximate surface area is 116 Å². The van der Waals surface area contributed by atoms with Crippen LogP contribution in [-0.4, -0.2) is 29.9 Å². The molecule has 0 bridgehead atoms. The number of carbonyl (C=O) groups is 1. The minimum absolute atomic E-state index is 0.177. The number of carbonyl (C=O) groups excluding carboxylic acids is 1. The number of hydrogen-bond acceptors (Lipinski definition) is 3. The van der Waals surface area contributed by atoms with E-state index in [1.807, 2.05) is 17.0 Å². The van der Waals surface area contributed by atoms with Crippen molar-refractivity contribution in [1.29, 1.82) is 0 Å². The van der Waals surface area contributed by atoms with E-state index in [1.165, 1.54) is 0 Å². The van der Waals surface area contributed by atoms with Gasteiger partial charge in [-0.1, -0.05) is 0 Å². The summed E-state index contributed by atoms with van der Waals surface area (Å²) in [6.07, 6.45) is 2.01. The van der Waals surface area contributed by atoms with E-state index in [0.29, 0.717) is 6.04 Å². The van der Waals surface area contributed by atoms with Gasteiger partial charge in [0.25, 0.3) is 0 Å². The van der Waals surface area contributed by atoms with Gasteiger partial charge in [-0.05, 0) is 47.8 Å². The highest BCUT2D eigenvalue weighted by atomic mass is 79.9. The number of hydrogen-bond donors (Lipinski definition) is 1. The molecule has 1 amide bonds. The summed E-state index contributed by atoms with van der Waals surface area (Å²) in [6, 6.07) is 4.54. The molecule has 1 fully saturated rings. The Balaban J connectivity index is 1.83. The third kappa shape index (κ3) is 3.36. The van der Waals surface area contributed by atoms with Gasteiger partial charge in [-0.15, -0.1) is 0 Å². The summed E-state index contributed by atoms with van der Waals surface area (Å²) in [4.78, 5) is 13.1. The smallest absolute Gasteiger partial charge is 0.219 e. The SMILES string of the molecule is CC(=O)N1CCC(NC(C)c2ccc(Br)o2)CC1. The molecule has 1 unspecified atom stereocenters. The van der Waals surface area contributed by atoms with Crippen molar-refractivity contribution >= 4 is 21.8 Å². The fourth-order valence-corrected chi connectivity index (χ4v) is 2.68. The average molecular weight is 315 g/mol. The lowest BCUT2D eigenvalue weighted by molar-refractivity contribution is -0.129. The molecule has 18 heavy (non-hydrogen) atoms. The summed E-state index contributed by atoms with van der Waals surface area (Å²) in [5.41, 5.74) is 0. The van der Waals surface area contributed by atoms with E-state index >= 15 is 0 Å². The lowest BCUT2D eigenvalue weighted by Gasteiger charge is -2.33. The number of amides is 1. The van der Waals surface area contributed by atoms with Crippen molar-refractivity contribution in [3.8, 4) is 0 Å². The summed E-state index contributed by atoms with van der Waals surface area (Å²) in [7, 11) is 0. The minimum atomic E-state index is 0.177. The Morgan fingerprint density at radius 2 is 2.17 bits per heavy atom. The maximum Gasteiger partial charge on any atom is 0.219 e. The molecule has 100 valence electrons. The van der Waals surface area contributed by atoms with Crippen molar-refractivity contribution < 1.29 is 9.21 Å². The molecular weight excluding hydrogens is 296 g/mol. The predicted molar refractivity (Wildman–Crippen MR) is 73.2 cm³/mol. The minimum Gasteiger partial charge on any atom is -0.453 e. The molecule has 4 nitrogen and oxygen atoms in total. The lowest BCUT2D eigenvalue weighted by atomic mass is 10.0. The van der Waals surface area contributed by atoms with Crippen LogP contribution in [0.4, 0.5) is 0 Å². The molecular formula is C13H19BrN2O2. The highest BCUT2D eigenvalue weighted by Gasteiger charge is 2.22. The quantitative estimate of drug-likeness (QED) is 0.933. The van der Waals surface area contributed by atoms with Crippen LogP contribution in [0.15, 0.2) is 21.2 Å². The summed E-state index contributed by atoms with van der Waals surface area (Å²) >= 11 is 3.31. The van der Waals surface area contributed by atoms with Gasteiger partial charge >= 0.3 is 0 Å². The summed E-state index contributed by atoms with van der Waals surface area (Å²) < 4.78 is 6.30. The largest absolute Gasteiger partial charge is 0.453 e. The normalized spacial score (nSPS) is 18.9. The first kappa shape index (κ1) is 13.6. The van der Waals surface area contributed by atoms with Crippen molar-refractivity contribution in [1.82, 2.24) is 10.2 Å². The van der Waals surface area contributed by atoms with Crippen molar-refractivity contribution in [3.05, 3.63) is 22.6 Å². The second-order valence-corrected chi connectivity index (χ2v) is 5.59. The van der Waals surface area contributed by atoms with Gasteiger partial charge in [0, 0.05) is 26.1 Å². The number of rotatable bonds is 3. The van der Waals surface area contributed by atoms with E-state index in [-0.39, 0.29) is 11.9 Å². The van der Waals surface area contributed by atoms with Crippen LogP contribution >= 0.6 is 15.9 Å². The fourth-order valence-electron chi connectivity index (χ4n) is 2.36. The Bertz CT molecular complexity index is 411. The molecule has 2 rings (SSSR count). The van der Waals surface area contributed by atoms with Crippen LogP contribution in [0, 0.1) is 0 Å². The van der Waals surface area contributed by atoms with Crippen LogP contribution in [0.25, 0.3) is 0 Å². The van der Waals surface area contributed by atoms with Gasteiger partial charge in [-0.25, -0.2) is 0 Å². The molecule has 0 aliphatic carbocycles. The number of likely N-dealkylation sites (tertiary alicyclic amines) is 1. The standard InChI is InChI=1S/C13H19BrN2O2/c1-9(12-3-4-13(14)18-12)15-11-5-7-16(8-6-11)10(2)17/h3-4,9,11,15H,5-8H2,1-2H3. The molecule has 5 heteroatoms. The van der Waals surface area contributed by atoms with E-state index < -0.39 is 0 Å². The molecule has 1 aliphatic heterocycles. The first-order chi connectivity index (χ1) is 8.56. The molecule has 0 saturated carbocycles. The number of halogens is 1. The molecule has 1 atom stereocenters. The summed E-state index contributed by atoms with van der Waals surface area (Å²) in [5.74, 6) is 1.12. The molecule has 0 aromatic carbocycles. The highest BCUT2D eigenvalue weighted by molar-refractivity contribution is 9.10. The average Bonchev–Trinajstić information content (AvgIpc) is 2.76. The van der Waals surface area contributed by atoms with Crippen molar-refractivity contribution in [2.75, 3.05) is 13.1 Å². The fraction of sp³-hybridized carbons (Fsp3) is 0.615. The second-order valence-electron chi connectivity index (χ2n) is 4.81. The van der Waals surface area contributed by atoms with Crippen molar-refractivity contribution in [2.45, 2.75) is 38.8 Å². The summed E-state index contributed by atoms with van der Waals surface area (Å²) in [6.45, 7) is 5.43. The van der Waals surface area contributed by atoms with E-state index in [2.05, 4.69) is 28.2 Å². The zero-order valence-corrected chi connectivity index (χ0v) is 12.4. The molecule has 0 radical (unpaired) electrons. The predicted octanol–water partition coefficient (Wildman–Crippen LogP) is 2.70. The zero-order valence-electron chi connectivity index (χ0n) is 10.8. The van der Waals surface area contributed by atoms with Gasteiger partial charge in [-0.2, -0.15) is 0 Å². The zero-order chi connectivity index (χ0) is 13.1. The topological polar surface area (TPSA) is 45.5 Å². The molecule has 1 N–H and O–H groups in total. The van der Waals surface area contributed by atoms with Gasteiger partial charge in [0.05, 0.1) is 6.04 Å². The molecule has 1 aliphatic rings. The maximum absolute atomic E-state index is 11.2. The van der Waals surface area contributed by atoms with Crippen LogP contribution in [0.1, 0.15) is 38.5 Å². The van der Waals surface area contributed by atoms with E-state index in [4.69, 9.17) is 4.42 Å². The van der Waals surface area contributed by atoms with Crippen molar-refractivity contribution in [2.24, 2.45) is 0 Å². The Hall–Kier alpha value is -0.810. The molecule has 1 saturated heterocycles. The third-order valence-corrected chi connectivity index (χ3v) is 3.87. The molecule has 1 aromatic rings. The Morgan fingerprint density at radius 1 is 1.50 bits per heavy atom. The Kier molecular flexibility index (Phi) is 4.45. The van der Waals surface area contributed by atoms with Crippen LogP contribution in [-0.2, 0) is 4.79 Å². The van der Waals surface area contributed by atoms with Crippen molar-refractivity contribution in [3.63, 3.8) is 0 Å². The Morgan fingerprint density at radius 3 is 2.67 bits per heavy atom. The molecule has 2 heterocycles. The van der Waals surface area contributed by atoms with E-state index in [9.17, 15) is 4.79 Å². The lowest BCUT2D eigenvalue weighted by Crippen LogP contribution is -2.44. The van der Waals surface area contributed by atoms with Crippen LogP contribution in [0.2, 0.25) is 0 Å².